The molecule has 1 aliphatic heterocycles. The summed E-state index contributed by atoms with van der Waals surface area (Å²) in [6.07, 6.45) is 0. The summed E-state index contributed by atoms with van der Waals surface area (Å²) in [5.74, 6) is 1.39. The Labute approximate surface area is 145 Å². The molecule has 0 bridgehead atoms. The quantitative estimate of drug-likeness (QED) is 0.822. The van der Waals surface area contributed by atoms with E-state index in [9.17, 15) is 8.42 Å². The molecule has 0 saturated carbocycles. The molecule has 7 heteroatoms. The van der Waals surface area contributed by atoms with Crippen LogP contribution >= 0.6 is 23.4 Å². The monoisotopic (exact) mass is 369 g/mol. The molecule has 3 rings (SSSR count). The zero-order valence-corrected chi connectivity index (χ0v) is 14.9. The summed E-state index contributed by atoms with van der Waals surface area (Å²) in [5, 5.41) is 0.359. The van der Waals surface area contributed by atoms with E-state index in [4.69, 9.17) is 16.3 Å². The highest BCUT2D eigenvalue weighted by Gasteiger charge is 2.36. The molecule has 2 aromatic rings. The lowest BCUT2D eigenvalue weighted by Crippen LogP contribution is -2.30. The first-order chi connectivity index (χ1) is 11.0. The second kappa shape index (κ2) is 6.73. The molecule has 0 aliphatic carbocycles. The standard InChI is InChI=1S/C16H16ClNO3S2/c1-21-14-5-7-15(8-6-14)23(19,20)18-9-10-22-16(18)12-3-2-4-13(17)11-12/h2-8,11,16H,9-10H2,1H3/t16-/m0/s1. The minimum Gasteiger partial charge on any atom is -0.497 e. The molecule has 4 nitrogen and oxygen atoms in total. The van der Waals surface area contributed by atoms with E-state index in [0.717, 1.165) is 11.3 Å². The fraction of sp³-hybridized carbons (Fsp3) is 0.250. The van der Waals surface area contributed by atoms with E-state index < -0.39 is 10.0 Å². The number of hydrogen-bond donors (Lipinski definition) is 0. The van der Waals surface area contributed by atoms with Crippen molar-refractivity contribution in [1.29, 1.82) is 0 Å². The zero-order chi connectivity index (χ0) is 16.4. The predicted octanol–water partition coefficient (Wildman–Crippen LogP) is 3.78. The van der Waals surface area contributed by atoms with E-state index in [-0.39, 0.29) is 10.3 Å². The van der Waals surface area contributed by atoms with Crippen LogP contribution in [0.25, 0.3) is 0 Å². The number of benzene rings is 2. The molecule has 2 aromatic carbocycles. The van der Waals surface area contributed by atoms with Gasteiger partial charge < -0.3 is 4.74 Å². The van der Waals surface area contributed by atoms with Crippen LogP contribution in [0, 0.1) is 0 Å². The minimum atomic E-state index is -3.56. The van der Waals surface area contributed by atoms with Gasteiger partial charge in [0.25, 0.3) is 0 Å². The number of halogens is 1. The summed E-state index contributed by atoms with van der Waals surface area (Å²) in [6.45, 7) is 0.482. The third kappa shape index (κ3) is 3.35. The Kier molecular flexibility index (Phi) is 4.87. The lowest BCUT2D eigenvalue weighted by atomic mass is 10.2. The Morgan fingerprint density at radius 2 is 1.96 bits per heavy atom. The van der Waals surface area contributed by atoms with Gasteiger partial charge in [-0.1, -0.05) is 23.7 Å². The Morgan fingerprint density at radius 3 is 2.61 bits per heavy atom. The molecule has 122 valence electrons. The van der Waals surface area contributed by atoms with Crippen molar-refractivity contribution in [3.63, 3.8) is 0 Å². The van der Waals surface area contributed by atoms with Gasteiger partial charge in [-0.3, -0.25) is 0 Å². The first-order valence-electron chi connectivity index (χ1n) is 7.05. The zero-order valence-electron chi connectivity index (χ0n) is 12.5. The van der Waals surface area contributed by atoms with Gasteiger partial charge in [0.15, 0.2) is 0 Å². The first-order valence-corrected chi connectivity index (χ1v) is 9.92. The highest BCUT2D eigenvalue weighted by atomic mass is 35.5. The van der Waals surface area contributed by atoms with E-state index >= 15 is 0 Å². The third-order valence-corrected chi connectivity index (χ3v) is 7.16. The highest BCUT2D eigenvalue weighted by Crippen LogP contribution is 2.41. The Bertz CT molecular complexity index is 793. The fourth-order valence-corrected chi connectivity index (χ4v) is 5.94. The first kappa shape index (κ1) is 16.6. The topological polar surface area (TPSA) is 46.6 Å². The van der Waals surface area contributed by atoms with Crippen molar-refractivity contribution in [2.45, 2.75) is 10.3 Å². The fourth-order valence-electron chi connectivity index (χ4n) is 2.51. The number of hydrogen-bond acceptors (Lipinski definition) is 4. The van der Waals surface area contributed by atoms with Crippen LogP contribution in [0.15, 0.2) is 53.4 Å². The Hall–Kier alpha value is -1.21. The van der Waals surface area contributed by atoms with E-state index in [0.29, 0.717) is 17.3 Å². The van der Waals surface area contributed by atoms with Gasteiger partial charge in [0.05, 0.1) is 17.4 Å². The molecular formula is C16H16ClNO3S2. The molecule has 1 saturated heterocycles. The SMILES string of the molecule is COc1ccc(S(=O)(=O)N2CCS[C@H]2c2cccc(Cl)c2)cc1. The number of sulfonamides is 1. The van der Waals surface area contributed by atoms with Crippen LogP contribution in [0.4, 0.5) is 0 Å². The van der Waals surface area contributed by atoms with Gasteiger partial charge in [-0.15, -0.1) is 11.8 Å². The molecule has 23 heavy (non-hydrogen) atoms. The average molecular weight is 370 g/mol. The largest absolute Gasteiger partial charge is 0.497 e. The Balaban J connectivity index is 1.94. The van der Waals surface area contributed by atoms with Crippen molar-refractivity contribution < 1.29 is 13.2 Å². The molecule has 0 N–H and O–H groups in total. The normalized spacial score (nSPS) is 19.0. The predicted molar refractivity (Wildman–Crippen MR) is 93.5 cm³/mol. The molecular weight excluding hydrogens is 354 g/mol. The van der Waals surface area contributed by atoms with E-state index in [1.807, 2.05) is 18.2 Å². The number of methoxy groups -OCH3 is 1. The number of nitrogens with zero attached hydrogens (tertiary/aromatic N) is 1. The van der Waals surface area contributed by atoms with Crippen LogP contribution in [-0.2, 0) is 10.0 Å². The summed E-state index contributed by atoms with van der Waals surface area (Å²) in [7, 11) is -2.01. The van der Waals surface area contributed by atoms with Gasteiger partial charge in [0, 0.05) is 17.3 Å². The van der Waals surface area contributed by atoms with Gasteiger partial charge >= 0.3 is 0 Å². The number of thioether (sulfide) groups is 1. The lowest BCUT2D eigenvalue weighted by molar-refractivity contribution is 0.414. The second-order valence-corrected chi connectivity index (χ2v) is 8.58. The maximum absolute atomic E-state index is 12.9. The Morgan fingerprint density at radius 1 is 1.22 bits per heavy atom. The summed E-state index contributed by atoms with van der Waals surface area (Å²) in [6, 6.07) is 13.8. The molecule has 0 aromatic heterocycles. The van der Waals surface area contributed by atoms with Crippen molar-refractivity contribution >= 4 is 33.4 Å². The lowest BCUT2D eigenvalue weighted by Gasteiger charge is -2.23. The third-order valence-electron chi connectivity index (χ3n) is 3.65. The van der Waals surface area contributed by atoms with E-state index in [1.165, 1.54) is 4.31 Å². The van der Waals surface area contributed by atoms with Crippen LogP contribution in [0.5, 0.6) is 5.75 Å². The molecule has 1 aliphatic rings. The minimum absolute atomic E-state index is 0.249. The molecule has 0 spiro atoms. The van der Waals surface area contributed by atoms with E-state index in [1.54, 1.807) is 49.2 Å². The molecule has 0 unspecified atom stereocenters. The van der Waals surface area contributed by atoms with Crippen LogP contribution in [0.3, 0.4) is 0 Å². The molecule has 1 heterocycles. The summed E-state index contributed by atoms with van der Waals surface area (Å²) in [5.41, 5.74) is 0.900. The van der Waals surface area contributed by atoms with Gasteiger partial charge in [0.2, 0.25) is 10.0 Å². The van der Waals surface area contributed by atoms with Crippen molar-refractivity contribution in [3.8, 4) is 5.75 Å². The van der Waals surface area contributed by atoms with Gasteiger partial charge in [-0.2, -0.15) is 4.31 Å². The van der Waals surface area contributed by atoms with E-state index in [2.05, 4.69) is 0 Å². The van der Waals surface area contributed by atoms with Gasteiger partial charge in [-0.05, 0) is 42.0 Å². The van der Waals surface area contributed by atoms with Crippen LogP contribution < -0.4 is 4.74 Å². The maximum atomic E-state index is 12.9. The molecule has 1 fully saturated rings. The summed E-state index contributed by atoms with van der Waals surface area (Å²) in [4.78, 5) is 0.271. The van der Waals surface area contributed by atoms with Gasteiger partial charge in [-0.25, -0.2) is 8.42 Å². The maximum Gasteiger partial charge on any atom is 0.244 e. The van der Waals surface area contributed by atoms with Crippen molar-refractivity contribution in [1.82, 2.24) is 4.31 Å². The number of ether oxygens (including phenoxy) is 1. The number of rotatable bonds is 4. The van der Waals surface area contributed by atoms with Crippen LogP contribution in [0.2, 0.25) is 5.02 Å². The molecule has 0 amide bonds. The average Bonchev–Trinajstić information content (AvgIpc) is 3.05. The second-order valence-electron chi connectivity index (χ2n) is 5.07. The molecule has 0 radical (unpaired) electrons. The van der Waals surface area contributed by atoms with Crippen LogP contribution in [-0.4, -0.2) is 32.1 Å². The van der Waals surface area contributed by atoms with Crippen LogP contribution in [0.1, 0.15) is 10.9 Å². The molecule has 1 atom stereocenters. The summed E-state index contributed by atoms with van der Waals surface area (Å²) < 4.78 is 32.5. The highest BCUT2D eigenvalue weighted by molar-refractivity contribution is 8.01. The smallest absolute Gasteiger partial charge is 0.244 e. The summed E-state index contributed by atoms with van der Waals surface area (Å²) >= 11 is 7.65. The van der Waals surface area contributed by atoms with Crippen molar-refractivity contribution in [3.05, 3.63) is 59.1 Å². The van der Waals surface area contributed by atoms with Crippen molar-refractivity contribution in [2.24, 2.45) is 0 Å². The van der Waals surface area contributed by atoms with Gasteiger partial charge in [0.1, 0.15) is 5.75 Å². The van der Waals surface area contributed by atoms with Crippen molar-refractivity contribution in [2.75, 3.05) is 19.4 Å².